The average Bonchev–Trinajstić information content (AvgIpc) is 2.94. The molecule has 2 aromatic rings. The van der Waals surface area contributed by atoms with E-state index in [0.29, 0.717) is 25.5 Å². The van der Waals surface area contributed by atoms with Crippen molar-refractivity contribution in [1.82, 2.24) is 9.80 Å². The standard InChI is InChI=1S/C30H42N4O3/c1-31-16-18-33(19-17-31)28-7-8-29(37-2)26-11-15-34(22-27(26)28)30(36)21-24-3-5-25(6-4-24)32-13-9-23(10-14-32)12-20-35/h3-8,23,35H,9-22H2,1-2H3. The molecule has 7 nitrogen and oxygen atoms in total. The maximum absolute atomic E-state index is 13.4. The van der Waals surface area contributed by atoms with Gasteiger partial charge in [0.25, 0.3) is 0 Å². The lowest BCUT2D eigenvalue weighted by Crippen LogP contribution is -2.45. The van der Waals surface area contributed by atoms with E-state index in [0.717, 1.165) is 82.8 Å². The molecule has 0 atom stereocenters. The summed E-state index contributed by atoms with van der Waals surface area (Å²) in [6.45, 7) is 7.87. The summed E-state index contributed by atoms with van der Waals surface area (Å²) in [6, 6.07) is 12.8. The lowest BCUT2D eigenvalue weighted by Gasteiger charge is -2.38. The molecule has 2 fully saturated rings. The summed E-state index contributed by atoms with van der Waals surface area (Å²) in [4.78, 5) is 22.7. The van der Waals surface area contributed by atoms with Crippen LogP contribution in [0.3, 0.4) is 0 Å². The van der Waals surface area contributed by atoms with Crippen molar-refractivity contribution in [3.8, 4) is 5.75 Å². The normalized spacial score (nSPS) is 19.2. The van der Waals surface area contributed by atoms with Crippen molar-refractivity contribution >= 4 is 17.3 Å². The second kappa shape index (κ2) is 11.7. The molecule has 0 radical (unpaired) electrons. The topological polar surface area (TPSA) is 59.5 Å². The minimum atomic E-state index is 0.190. The Labute approximate surface area is 221 Å². The Kier molecular flexibility index (Phi) is 8.20. The molecular formula is C30H42N4O3. The highest BCUT2D eigenvalue weighted by Crippen LogP contribution is 2.36. The summed E-state index contributed by atoms with van der Waals surface area (Å²) in [7, 11) is 3.92. The van der Waals surface area contributed by atoms with Crippen LogP contribution in [-0.2, 0) is 24.2 Å². The summed E-state index contributed by atoms with van der Waals surface area (Å²) >= 11 is 0. The smallest absolute Gasteiger partial charge is 0.227 e. The number of piperidine rings is 1. The summed E-state index contributed by atoms with van der Waals surface area (Å²) < 4.78 is 5.70. The van der Waals surface area contributed by atoms with E-state index in [9.17, 15) is 9.90 Å². The zero-order valence-electron chi connectivity index (χ0n) is 22.5. The minimum absolute atomic E-state index is 0.190. The molecule has 200 valence electrons. The van der Waals surface area contributed by atoms with E-state index >= 15 is 0 Å². The summed E-state index contributed by atoms with van der Waals surface area (Å²) in [5, 5.41) is 9.20. The van der Waals surface area contributed by atoms with Gasteiger partial charge in [0.2, 0.25) is 5.91 Å². The highest BCUT2D eigenvalue weighted by Gasteiger charge is 2.28. The first-order valence-corrected chi connectivity index (χ1v) is 13.9. The van der Waals surface area contributed by atoms with Crippen LogP contribution < -0.4 is 14.5 Å². The fourth-order valence-electron chi connectivity index (χ4n) is 6.15. The molecule has 0 aliphatic carbocycles. The molecule has 3 aliphatic heterocycles. The van der Waals surface area contributed by atoms with E-state index in [1.165, 1.54) is 22.5 Å². The Morgan fingerprint density at radius 2 is 1.65 bits per heavy atom. The van der Waals surface area contributed by atoms with E-state index in [-0.39, 0.29) is 5.91 Å². The van der Waals surface area contributed by atoms with Crippen LogP contribution in [0.25, 0.3) is 0 Å². The Bertz CT molecular complexity index is 1060. The Morgan fingerprint density at radius 1 is 0.919 bits per heavy atom. The van der Waals surface area contributed by atoms with Gasteiger partial charge in [-0.15, -0.1) is 0 Å². The van der Waals surface area contributed by atoms with Gasteiger partial charge in [-0.05, 0) is 68.5 Å². The third kappa shape index (κ3) is 5.88. The maximum Gasteiger partial charge on any atom is 0.227 e. The number of aliphatic hydroxyl groups excluding tert-OH is 1. The highest BCUT2D eigenvalue weighted by molar-refractivity contribution is 5.80. The largest absolute Gasteiger partial charge is 0.496 e. The van der Waals surface area contributed by atoms with Crippen LogP contribution >= 0.6 is 0 Å². The number of ether oxygens (including phenoxy) is 1. The van der Waals surface area contributed by atoms with Crippen molar-refractivity contribution in [3.63, 3.8) is 0 Å². The molecule has 0 unspecified atom stereocenters. The minimum Gasteiger partial charge on any atom is -0.496 e. The van der Waals surface area contributed by atoms with Gasteiger partial charge in [-0.25, -0.2) is 0 Å². The molecular weight excluding hydrogens is 464 g/mol. The van der Waals surface area contributed by atoms with E-state index in [2.05, 4.69) is 58.1 Å². The van der Waals surface area contributed by atoms with Crippen LogP contribution in [0.2, 0.25) is 0 Å². The lowest BCUT2D eigenvalue weighted by atomic mass is 9.93. The molecule has 1 N–H and O–H groups in total. The molecule has 3 heterocycles. The summed E-state index contributed by atoms with van der Waals surface area (Å²) in [6.07, 6.45) is 4.45. The number of carbonyl (C=O) groups is 1. The van der Waals surface area contributed by atoms with Gasteiger partial charge in [-0.1, -0.05) is 12.1 Å². The molecule has 0 aromatic heterocycles. The number of nitrogens with zero attached hydrogens (tertiary/aromatic N) is 4. The number of methoxy groups -OCH3 is 1. The van der Waals surface area contributed by atoms with Crippen LogP contribution in [0.1, 0.15) is 36.0 Å². The Morgan fingerprint density at radius 3 is 2.32 bits per heavy atom. The Hall–Kier alpha value is -2.77. The van der Waals surface area contributed by atoms with Crippen LogP contribution in [0, 0.1) is 5.92 Å². The van der Waals surface area contributed by atoms with Gasteiger partial charge in [0.05, 0.1) is 13.5 Å². The van der Waals surface area contributed by atoms with Crippen molar-refractivity contribution in [3.05, 3.63) is 53.1 Å². The molecule has 0 spiro atoms. The molecule has 3 aliphatic rings. The van der Waals surface area contributed by atoms with Crippen LogP contribution in [-0.4, -0.2) is 87.4 Å². The lowest BCUT2D eigenvalue weighted by molar-refractivity contribution is -0.131. The molecule has 2 aromatic carbocycles. The molecule has 7 heteroatoms. The number of piperazine rings is 1. The zero-order chi connectivity index (χ0) is 25.8. The number of aliphatic hydroxyl groups is 1. The predicted octanol–water partition coefficient (Wildman–Crippen LogP) is 3.17. The molecule has 0 bridgehead atoms. The number of rotatable bonds is 7. The third-order valence-electron chi connectivity index (χ3n) is 8.57. The fraction of sp³-hybridized carbons (Fsp3) is 0.567. The van der Waals surface area contributed by atoms with Gasteiger partial charge in [-0.3, -0.25) is 4.79 Å². The van der Waals surface area contributed by atoms with Crippen molar-refractivity contribution in [2.75, 3.05) is 76.4 Å². The fourth-order valence-corrected chi connectivity index (χ4v) is 6.15. The van der Waals surface area contributed by atoms with Gasteiger partial charge in [0, 0.05) is 81.5 Å². The van der Waals surface area contributed by atoms with Gasteiger partial charge >= 0.3 is 0 Å². The van der Waals surface area contributed by atoms with Gasteiger partial charge in [-0.2, -0.15) is 0 Å². The van der Waals surface area contributed by atoms with E-state index in [1.807, 2.05) is 4.90 Å². The molecule has 1 amide bonds. The SMILES string of the molecule is COc1ccc(N2CCN(C)CC2)c2c1CCN(C(=O)Cc1ccc(N3CCC(CCO)CC3)cc1)C2. The molecule has 2 saturated heterocycles. The summed E-state index contributed by atoms with van der Waals surface area (Å²) in [5.41, 5.74) is 6.07. The molecule has 37 heavy (non-hydrogen) atoms. The second-order valence-corrected chi connectivity index (χ2v) is 10.9. The van der Waals surface area contributed by atoms with Gasteiger partial charge < -0.3 is 29.4 Å². The molecule has 5 rings (SSSR count). The Balaban J connectivity index is 1.23. The number of benzene rings is 2. The quantitative estimate of drug-likeness (QED) is 0.623. The maximum atomic E-state index is 13.4. The van der Waals surface area contributed by atoms with Crippen LogP contribution in [0.4, 0.5) is 11.4 Å². The van der Waals surface area contributed by atoms with E-state index in [4.69, 9.17) is 4.74 Å². The number of carbonyl (C=O) groups excluding carboxylic acids is 1. The number of fused-ring (bicyclic) bond motifs is 1. The van der Waals surface area contributed by atoms with E-state index in [1.54, 1.807) is 7.11 Å². The number of likely N-dealkylation sites (N-methyl/N-ethyl adjacent to an activating group) is 1. The van der Waals surface area contributed by atoms with Crippen molar-refractivity contribution in [2.24, 2.45) is 5.92 Å². The second-order valence-electron chi connectivity index (χ2n) is 10.9. The number of anilines is 2. The first-order valence-electron chi connectivity index (χ1n) is 13.9. The van der Waals surface area contributed by atoms with Gasteiger partial charge in [0.1, 0.15) is 5.75 Å². The first-order chi connectivity index (χ1) is 18.1. The monoisotopic (exact) mass is 506 g/mol. The molecule has 0 saturated carbocycles. The third-order valence-corrected chi connectivity index (χ3v) is 8.57. The predicted molar refractivity (Wildman–Crippen MR) is 149 cm³/mol. The average molecular weight is 507 g/mol. The first kappa shape index (κ1) is 25.9. The van der Waals surface area contributed by atoms with Crippen molar-refractivity contribution in [1.29, 1.82) is 0 Å². The van der Waals surface area contributed by atoms with Crippen LogP contribution in [0.15, 0.2) is 36.4 Å². The number of hydrogen-bond acceptors (Lipinski definition) is 6. The van der Waals surface area contributed by atoms with Gasteiger partial charge in [0.15, 0.2) is 0 Å². The number of hydrogen-bond donors (Lipinski definition) is 1. The van der Waals surface area contributed by atoms with Crippen molar-refractivity contribution in [2.45, 2.75) is 38.6 Å². The zero-order valence-corrected chi connectivity index (χ0v) is 22.5. The number of amides is 1. The van der Waals surface area contributed by atoms with Crippen LogP contribution in [0.5, 0.6) is 5.75 Å². The highest BCUT2D eigenvalue weighted by atomic mass is 16.5. The summed E-state index contributed by atoms with van der Waals surface area (Å²) in [5.74, 6) is 1.77. The van der Waals surface area contributed by atoms with Crippen molar-refractivity contribution < 1.29 is 14.6 Å². The van der Waals surface area contributed by atoms with E-state index < -0.39 is 0 Å².